The molecule has 0 aliphatic rings. The molecule has 0 radical (unpaired) electrons. The SMILES string of the molecule is COCCCNCCOCCOc1ccc(C(C)(C)C)cc1C.O=C(O)C(=O)O. The molecule has 1 rings (SSSR count). The first-order chi connectivity index (χ1) is 13.6. The van der Waals surface area contributed by atoms with E-state index >= 15 is 0 Å². The molecule has 0 spiro atoms. The maximum atomic E-state index is 9.10. The van der Waals surface area contributed by atoms with Crippen LogP contribution in [0.15, 0.2) is 18.2 Å². The average Bonchev–Trinajstić information content (AvgIpc) is 2.64. The van der Waals surface area contributed by atoms with Gasteiger partial charge in [0.15, 0.2) is 0 Å². The fourth-order valence-electron chi connectivity index (χ4n) is 2.20. The molecule has 29 heavy (non-hydrogen) atoms. The van der Waals surface area contributed by atoms with Crippen molar-refractivity contribution in [3.8, 4) is 5.75 Å². The number of aryl methyl sites for hydroxylation is 1. The van der Waals surface area contributed by atoms with Gasteiger partial charge in [0.25, 0.3) is 0 Å². The van der Waals surface area contributed by atoms with Gasteiger partial charge in [-0.1, -0.05) is 32.9 Å². The van der Waals surface area contributed by atoms with E-state index in [2.05, 4.69) is 51.2 Å². The van der Waals surface area contributed by atoms with E-state index in [1.54, 1.807) is 7.11 Å². The van der Waals surface area contributed by atoms with Crippen LogP contribution in [0.1, 0.15) is 38.3 Å². The second kappa shape index (κ2) is 14.8. The van der Waals surface area contributed by atoms with Crippen molar-refractivity contribution < 1.29 is 34.0 Å². The van der Waals surface area contributed by atoms with Gasteiger partial charge in [-0.25, -0.2) is 9.59 Å². The minimum atomic E-state index is -1.82. The standard InChI is InChI=1S/C19H33NO3.C2H2O4/c1-16-15-17(19(2,3)4)7-8-18(16)23-14-13-22-12-10-20-9-6-11-21-5;3-1(4)2(5)6/h7-8,15,20H,6,9-14H2,1-5H3;(H,3,4)(H,5,6). The Bertz CT molecular complexity index is 600. The van der Waals surface area contributed by atoms with E-state index in [9.17, 15) is 0 Å². The zero-order valence-electron chi connectivity index (χ0n) is 18.1. The number of rotatable bonds is 11. The van der Waals surface area contributed by atoms with E-state index in [-0.39, 0.29) is 5.41 Å². The number of ether oxygens (including phenoxy) is 3. The van der Waals surface area contributed by atoms with Gasteiger partial charge in [-0.15, -0.1) is 0 Å². The highest BCUT2D eigenvalue weighted by Gasteiger charge is 2.14. The number of aliphatic carboxylic acids is 2. The number of hydrogen-bond acceptors (Lipinski definition) is 6. The summed E-state index contributed by atoms with van der Waals surface area (Å²) in [6, 6.07) is 6.42. The highest BCUT2D eigenvalue weighted by atomic mass is 16.5. The highest BCUT2D eigenvalue weighted by molar-refractivity contribution is 6.27. The van der Waals surface area contributed by atoms with Crippen molar-refractivity contribution in [2.45, 2.75) is 39.5 Å². The summed E-state index contributed by atoms with van der Waals surface area (Å²) in [7, 11) is 1.72. The van der Waals surface area contributed by atoms with Gasteiger partial charge in [0.1, 0.15) is 12.4 Å². The van der Waals surface area contributed by atoms with Crippen LogP contribution in [0.4, 0.5) is 0 Å². The van der Waals surface area contributed by atoms with Crippen molar-refractivity contribution in [2.75, 3.05) is 46.6 Å². The molecule has 0 saturated heterocycles. The van der Waals surface area contributed by atoms with E-state index in [0.717, 1.165) is 31.9 Å². The van der Waals surface area contributed by atoms with Gasteiger partial charge >= 0.3 is 11.9 Å². The van der Waals surface area contributed by atoms with Gasteiger partial charge in [-0.3, -0.25) is 0 Å². The molecule has 0 heterocycles. The lowest BCUT2D eigenvalue weighted by Gasteiger charge is -2.20. The largest absolute Gasteiger partial charge is 0.491 e. The summed E-state index contributed by atoms with van der Waals surface area (Å²) in [6.07, 6.45) is 1.03. The molecule has 8 nitrogen and oxygen atoms in total. The predicted molar refractivity (Wildman–Crippen MR) is 111 cm³/mol. The Morgan fingerprint density at radius 2 is 1.66 bits per heavy atom. The topological polar surface area (TPSA) is 114 Å². The molecule has 0 amide bonds. The number of hydrogen-bond donors (Lipinski definition) is 3. The number of carboxylic acids is 2. The Balaban J connectivity index is 0.00000113. The lowest BCUT2D eigenvalue weighted by atomic mass is 9.86. The molecule has 166 valence electrons. The molecule has 0 aromatic heterocycles. The molecule has 1 aromatic rings. The van der Waals surface area contributed by atoms with Crippen LogP contribution in [0.5, 0.6) is 5.75 Å². The molecule has 0 aliphatic carbocycles. The molecule has 0 bridgehead atoms. The number of methoxy groups -OCH3 is 1. The van der Waals surface area contributed by atoms with Crippen molar-refractivity contribution in [3.05, 3.63) is 29.3 Å². The first-order valence-electron chi connectivity index (χ1n) is 9.57. The van der Waals surface area contributed by atoms with Gasteiger partial charge in [0, 0.05) is 20.3 Å². The van der Waals surface area contributed by atoms with Crippen LogP contribution in [-0.2, 0) is 24.5 Å². The summed E-state index contributed by atoms with van der Waals surface area (Å²) in [4.78, 5) is 18.2. The van der Waals surface area contributed by atoms with Gasteiger partial charge < -0.3 is 29.7 Å². The van der Waals surface area contributed by atoms with E-state index in [4.69, 9.17) is 34.0 Å². The van der Waals surface area contributed by atoms with Crippen molar-refractivity contribution in [3.63, 3.8) is 0 Å². The molecule has 1 aromatic carbocycles. The molecule has 8 heteroatoms. The number of carboxylic acid groups (broad SMARTS) is 2. The Morgan fingerprint density at radius 3 is 2.17 bits per heavy atom. The van der Waals surface area contributed by atoms with E-state index in [1.807, 2.05) is 0 Å². The van der Waals surface area contributed by atoms with Crippen molar-refractivity contribution in [2.24, 2.45) is 0 Å². The maximum Gasteiger partial charge on any atom is 0.414 e. The highest BCUT2D eigenvalue weighted by Crippen LogP contribution is 2.27. The monoisotopic (exact) mass is 413 g/mol. The number of carbonyl (C=O) groups is 2. The molecule has 0 aliphatic heterocycles. The minimum absolute atomic E-state index is 0.169. The lowest BCUT2D eigenvalue weighted by Crippen LogP contribution is -2.22. The molecule has 0 fully saturated rings. The van der Waals surface area contributed by atoms with E-state index in [0.29, 0.717) is 19.8 Å². The summed E-state index contributed by atoms with van der Waals surface area (Å²) in [5.74, 6) is -2.70. The first-order valence-corrected chi connectivity index (χ1v) is 9.57. The second-order valence-electron chi connectivity index (χ2n) is 7.40. The van der Waals surface area contributed by atoms with Crippen LogP contribution in [0, 0.1) is 6.92 Å². The summed E-state index contributed by atoms with van der Waals surface area (Å²) in [5, 5.41) is 18.1. The van der Waals surface area contributed by atoms with Crippen molar-refractivity contribution in [1.82, 2.24) is 5.32 Å². The number of benzene rings is 1. The molecule has 3 N–H and O–H groups in total. The zero-order chi connectivity index (χ0) is 22.3. The zero-order valence-corrected chi connectivity index (χ0v) is 18.1. The van der Waals surface area contributed by atoms with Gasteiger partial charge in [-0.2, -0.15) is 0 Å². The lowest BCUT2D eigenvalue weighted by molar-refractivity contribution is -0.159. The third-order valence-corrected chi connectivity index (χ3v) is 3.83. The second-order valence-corrected chi connectivity index (χ2v) is 7.40. The Hall–Kier alpha value is -2.16. The van der Waals surface area contributed by atoms with Gasteiger partial charge in [0.2, 0.25) is 0 Å². The summed E-state index contributed by atoms with van der Waals surface area (Å²) in [5.41, 5.74) is 2.68. The van der Waals surface area contributed by atoms with Gasteiger partial charge in [-0.05, 0) is 42.5 Å². The summed E-state index contributed by atoms with van der Waals surface area (Å²) < 4.78 is 16.4. The van der Waals surface area contributed by atoms with Crippen LogP contribution in [0.25, 0.3) is 0 Å². The van der Waals surface area contributed by atoms with Crippen LogP contribution in [0.3, 0.4) is 0 Å². The number of nitrogens with one attached hydrogen (secondary N) is 1. The predicted octanol–water partition coefficient (Wildman–Crippen LogP) is 2.47. The van der Waals surface area contributed by atoms with Crippen LogP contribution in [-0.4, -0.2) is 68.8 Å². The minimum Gasteiger partial charge on any atom is -0.491 e. The normalized spacial score (nSPS) is 10.8. The fourth-order valence-corrected chi connectivity index (χ4v) is 2.20. The van der Waals surface area contributed by atoms with Gasteiger partial charge in [0.05, 0.1) is 13.2 Å². The van der Waals surface area contributed by atoms with Crippen molar-refractivity contribution >= 4 is 11.9 Å². The quantitative estimate of drug-likeness (QED) is 0.374. The average molecular weight is 414 g/mol. The molecular weight excluding hydrogens is 378 g/mol. The van der Waals surface area contributed by atoms with Crippen LogP contribution >= 0.6 is 0 Å². The Kier molecular flexibility index (Phi) is 13.7. The van der Waals surface area contributed by atoms with Crippen molar-refractivity contribution in [1.29, 1.82) is 0 Å². The first kappa shape index (κ1) is 26.8. The van der Waals surface area contributed by atoms with Crippen LogP contribution < -0.4 is 10.1 Å². The third kappa shape index (κ3) is 13.6. The van der Waals surface area contributed by atoms with E-state index < -0.39 is 11.9 Å². The van der Waals surface area contributed by atoms with E-state index in [1.165, 1.54) is 11.1 Å². The summed E-state index contributed by atoms with van der Waals surface area (Å²) >= 11 is 0. The molecular formula is C21H35NO7. The molecule has 0 atom stereocenters. The van der Waals surface area contributed by atoms with Crippen LogP contribution in [0.2, 0.25) is 0 Å². The molecule has 0 saturated carbocycles. The Labute approximate surface area is 173 Å². The summed E-state index contributed by atoms with van der Waals surface area (Å²) in [6.45, 7) is 13.3. The third-order valence-electron chi connectivity index (χ3n) is 3.83. The Morgan fingerprint density at radius 1 is 1.00 bits per heavy atom. The fraction of sp³-hybridized carbons (Fsp3) is 0.619. The maximum absolute atomic E-state index is 9.10. The smallest absolute Gasteiger partial charge is 0.414 e. The molecule has 0 unspecified atom stereocenters.